The lowest BCUT2D eigenvalue weighted by molar-refractivity contribution is -0.134. The Morgan fingerprint density at radius 2 is 2.32 bits per heavy atom. The molecule has 1 aromatic heterocycles. The monoisotopic (exact) mass is 260 g/mol. The average Bonchev–Trinajstić information content (AvgIpc) is 2.74. The van der Waals surface area contributed by atoms with E-state index in [1.807, 2.05) is 6.07 Å². The van der Waals surface area contributed by atoms with Crippen LogP contribution in [0.5, 0.6) is 0 Å². The van der Waals surface area contributed by atoms with Crippen LogP contribution in [0.15, 0.2) is 12.3 Å². The van der Waals surface area contributed by atoms with Gasteiger partial charge in [0.1, 0.15) is 17.8 Å². The van der Waals surface area contributed by atoms with Gasteiger partial charge in [0.05, 0.1) is 5.56 Å². The predicted octanol–water partition coefficient (Wildman–Crippen LogP) is -0.568. The van der Waals surface area contributed by atoms with Crippen LogP contribution in [-0.2, 0) is 16.6 Å². The van der Waals surface area contributed by atoms with Crippen LogP contribution in [-0.4, -0.2) is 28.3 Å². The number of nitriles is 1. The molecule has 0 spiro atoms. The Morgan fingerprint density at radius 3 is 2.89 bits per heavy atom. The molecule has 0 saturated carbocycles. The third-order valence-corrected chi connectivity index (χ3v) is 2.91. The van der Waals surface area contributed by atoms with Gasteiger partial charge in [-0.3, -0.25) is 19.7 Å². The van der Waals surface area contributed by atoms with Gasteiger partial charge in [-0.05, 0) is 12.5 Å². The Labute approximate surface area is 109 Å². The fraction of sp³-hybridized carbons (Fsp3) is 0.333. The molecule has 1 aliphatic rings. The van der Waals surface area contributed by atoms with E-state index in [1.165, 1.54) is 16.8 Å². The minimum Gasteiger partial charge on any atom is -0.345 e. The zero-order chi connectivity index (χ0) is 14.0. The highest BCUT2D eigenvalue weighted by Gasteiger charge is 2.28. The molecule has 0 aromatic carbocycles. The van der Waals surface area contributed by atoms with Crippen LogP contribution in [0.1, 0.15) is 28.9 Å². The van der Waals surface area contributed by atoms with Crippen LogP contribution < -0.4 is 10.6 Å². The molecule has 7 heteroatoms. The van der Waals surface area contributed by atoms with Gasteiger partial charge in [-0.15, -0.1) is 0 Å². The van der Waals surface area contributed by atoms with Gasteiger partial charge in [0.2, 0.25) is 11.8 Å². The molecule has 0 unspecified atom stereocenters. The Kier molecular flexibility index (Phi) is 3.33. The molecule has 1 atom stereocenters. The van der Waals surface area contributed by atoms with Crippen molar-refractivity contribution in [2.24, 2.45) is 7.05 Å². The summed E-state index contributed by atoms with van der Waals surface area (Å²) in [4.78, 5) is 34.5. The molecule has 0 aliphatic carbocycles. The maximum Gasteiger partial charge on any atom is 0.268 e. The number of hydrogen-bond donors (Lipinski definition) is 2. The maximum absolute atomic E-state index is 12.0. The van der Waals surface area contributed by atoms with Crippen molar-refractivity contribution in [2.75, 3.05) is 0 Å². The van der Waals surface area contributed by atoms with Gasteiger partial charge in [0, 0.05) is 19.7 Å². The number of aryl methyl sites for hydroxylation is 1. The minimum absolute atomic E-state index is 0.202. The number of piperidine rings is 1. The summed E-state index contributed by atoms with van der Waals surface area (Å²) in [5.41, 5.74) is 0.664. The second kappa shape index (κ2) is 4.94. The molecule has 19 heavy (non-hydrogen) atoms. The molecule has 0 radical (unpaired) electrons. The molecule has 3 amide bonds. The zero-order valence-electron chi connectivity index (χ0n) is 10.3. The minimum atomic E-state index is -0.717. The summed E-state index contributed by atoms with van der Waals surface area (Å²) in [5, 5.41) is 13.5. The first kappa shape index (κ1) is 12.8. The fourth-order valence-electron chi connectivity index (χ4n) is 1.91. The topological polar surface area (TPSA) is 104 Å². The van der Waals surface area contributed by atoms with Gasteiger partial charge in [0.15, 0.2) is 0 Å². The highest BCUT2D eigenvalue weighted by atomic mass is 16.2. The van der Waals surface area contributed by atoms with Crippen molar-refractivity contribution in [3.63, 3.8) is 0 Å². The molecule has 1 fully saturated rings. The van der Waals surface area contributed by atoms with Crippen LogP contribution in [0.25, 0.3) is 0 Å². The Hall–Kier alpha value is -2.62. The lowest BCUT2D eigenvalue weighted by atomic mass is 10.1. The van der Waals surface area contributed by atoms with E-state index < -0.39 is 17.9 Å². The first-order valence-corrected chi connectivity index (χ1v) is 5.72. The van der Waals surface area contributed by atoms with Crippen molar-refractivity contribution >= 4 is 17.7 Å². The molecule has 1 saturated heterocycles. The van der Waals surface area contributed by atoms with Gasteiger partial charge in [-0.25, -0.2) is 0 Å². The second-order valence-corrected chi connectivity index (χ2v) is 4.31. The third-order valence-electron chi connectivity index (χ3n) is 2.91. The Balaban J connectivity index is 2.09. The molecule has 2 rings (SSSR count). The van der Waals surface area contributed by atoms with Gasteiger partial charge in [0.25, 0.3) is 5.91 Å². The highest BCUT2D eigenvalue weighted by molar-refractivity contribution is 6.03. The van der Waals surface area contributed by atoms with E-state index in [-0.39, 0.29) is 18.7 Å². The standard InChI is InChI=1S/C12H12N4O3/c1-16-6-7(5-13)4-9(16)12(19)14-8-2-3-10(17)15-11(8)18/h4,6,8H,2-3H2,1H3,(H,14,19)(H,15,17,18)/t8-/m1/s1. The summed E-state index contributed by atoms with van der Waals surface area (Å²) in [5.74, 6) is -1.28. The summed E-state index contributed by atoms with van der Waals surface area (Å²) in [6.45, 7) is 0. The molecular weight excluding hydrogens is 248 g/mol. The fourth-order valence-corrected chi connectivity index (χ4v) is 1.91. The zero-order valence-corrected chi connectivity index (χ0v) is 10.3. The number of amides is 3. The number of nitrogens with one attached hydrogen (secondary N) is 2. The van der Waals surface area contributed by atoms with E-state index in [2.05, 4.69) is 10.6 Å². The number of rotatable bonds is 2. The SMILES string of the molecule is Cn1cc(C#N)cc1C(=O)N[C@@H]1CCC(=O)NC1=O. The summed E-state index contributed by atoms with van der Waals surface area (Å²) >= 11 is 0. The molecule has 0 bridgehead atoms. The quantitative estimate of drug-likeness (QED) is 0.695. The Bertz CT molecular complexity index is 597. The van der Waals surface area contributed by atoms with Crippen molar-refractivity contribution < 1.29 is 14.4 Å². The number of aromatic nitrogens is 1. The molecule has 7 nitrogen and oxygen atoms in total. The molecule has 1 aliphatic heterocycles. The number of carbonyl (C=O) groups is 3. The van der Waals surface area contributed by atoms with E-state index in [0.717, 1.165) is 0 Å². The molecule has 98 valence electrons. The molecule has 2 heterocycles. The van der Waals surface area contributed by atoms with Gasteiger partial charge in [-0.2, -0.15) is 5.26 Å². The van der Waals surface area contributed by atoms with Gasteiger partial charge in [-0.1, -0.05) is 0 Å². The normalized spacial score (nSPS) is 18.6. The van der Waals surface area contributed by atoms with Crippen LogP contribution in [0.3, 0.4) is 0 Å². The van der Waals surface area contributed by atoms with E-state index in [1.54, 1.807) is 7.05 Å². The van der Waals surface area contributed by atoms with Crippen LogP contribution >= 0.6 is 0 Å². The van der Waals surface area contributed by atoms with Crippen molar-refractivity contribution in [3.8, 4) is 6.07 Å². The highest BCUT2D eigenvalue weighted by Crippen LogP contribution is 2.09. The largest absolute Gasteiger partial charge is 0.345 e. The molecule has 2 N–H and O–H groups in total. The summed E-state index contributed by atoms with van der Waals surface area (Å²) in [7, 11) is 1.64. The van der Waals surface area contributed by atoms with E-state index in [9.17, 15) is 14.4 Å². The predicted molar refractivity (Wildman–Crippen MR) is 63.8 cm³/mol. The van der Waals surface area contributed by atoms with E-state index in [0.29, 0.717) is 11.3 Å². The lowest BCUT2D eigenvalue weighted by Crippen LogP contribution is -2.52. The second-order valence-electron chi connectivity index (χ2n) is 4.31. The first-order chi connectivity index (χ1) is 9.01. The first-order valence-electron chi connectivity index (χ1n) is 5.72. The smallest absolute Gasteiger partial charge is 0.268 e. The van der Waals surface area contributed by atoms with Gasteiger partial charge >= 0.3 is 0 Å². The average molecular weight is 260 g/mol. The molecular formula is C12H12N4O3. The van der Waals surface area contributed by atoms with Crippen molar-refractivity contribution in [3.05, 3.63) is 23.5 Å². The maximum atomic E-state index is 12.0. The van der Waals surface area contributed by atoms with Crippen molar-refractivity contribution in [2.45, 2.75) is 18.9 Å². The van der Waals surface area contributed by atoms with Crippen molar-refractivity contribution in [1.29, 1.82) is 5.26 Å². The number of hydrogen-bond acceptors (Lipinski definition) is 4. The number of nitrogens with zero attached hydrogens (tertiary/aromatic N) is 2. The molecule has 1 aromatic rings. The van der Waals surface area contributed by atoms with Crippen LogP contribution in [0.2, 0.25) is 0 Å². The summed E-state index contributed by atoms with van der Waals surface area (Å²) < 4.78 is 1.51. The van der Waals surface area contributed by atoms with Gasteiger partial charge < -0.3 is 9.88 Å². The van der Waals surface area contributed by atoms with Crippen molar-refractivity contribution in [1.82, 2.24) is 15.2 Å². The number of carbonyl (C=O) groups excluding carboxylic acids is 3. The van der Waals surface area contributed by atoms with E-state index >= 15 is 0 Å². The number of imide groups is 1. The van der Waals surface area contributed by atoms with E-state index in [4.69, 9.17) is 5.26 Å². The summed E-state index contributed by atoms with van der Waals surface area (Å²) in [6.07, 6.45) is 2.01. The third kappa shape index (κ3) is 2.63. The van der Waals surface area contributed by atoms with Crippen LogP contribution in [0, 0.1) is 11.3 Å². The lowest BCUT2D eigenvalue weighted by Gasteiger charge is -2.21. The van der Waals surface area contributed by atoms with Crippen LogP contribution in [0.4, 0.5) is 0 Å². The Morgan fingerprint density at radius 1 is 1.58 bits per heavy atom. The summed E-state index contributed by atoms with van der Waals surface area (Å²) in [6, 6.07) is 2.67.